The summed E-state index contributed by atoms with van der Waals surface area (Å²) in [5.41, 5.74) is 2.83. The van der Waals surface area contributed by atoms with Crippen molar-refractivity contribution in [2.75, 3.05) is 5.75 Å². The summed E-state index contributed by atoms with van der Waals surface area (Å²) in [5.74, 6) is -0.322. The number of hydrogen-bond acceptors (Lipinski definition) is 6. The zero-order chi connectivity index (χ0) is 19.5. The van der Waals surface area contributed by atoms with Gasteiger partial charge in [-0.3, -0.25) is 14.5 Å². The number of urea groups is 1. The first-order valence-corrected chi connectivity index (χ1v) is 10.4. The second-order valence-corrected chi connectivity index (χ2v) is 8.09. The number of rotatable bonds is 5. The lowest BCUT2D eigenvalue weighted by Crippen LogP contribution is -2.39. The molecule has 4 rings (SSSR count). The molecule has 142 valence electrons. The molecule has 7 nitrogen and oxygen atoms in total. The van der Waals surface area contributed by atoms with E-state index in [0.717, 1.165) is 27.0 Å². The minimum atomic E-state index is -0.508. The van der Waals surface area contributed by atoms with E-state index in [1.807, 2.05) is 59.2 Å². The van der Waals surface area contributed by atoms with Gasteiger partial charge in [-0.2, -0.15) is 0 Å². The number of hydrogen-bond donors (Lipinski definition) is 2. The Bertz CT molecular complexity index is 1150. The normalized spacial score (nSPS) is 11.0. The molecular weight excluding hydrogens is 394 g/mol. The molecule has 4 aromatic rings. The maximum Gasteiger partial charge on any atom is 0.321 e. The molecule has 0 aliphatic heterocycles. The number of carbonyl (C=O) groups excluding carboxylic acids is 2. The molecule has 0 aliphatic carbocycles. The van der Waals surface area contributed by atoms with Crippen LogP contribution < -0.4 is 10.6 Å². The molecule has 3 heterocycles. The van der Waals surface area contributed by atoms with Crippen LogP contribution in [0.4, 0.5) is 4.79 Å². The lowest BCUT2D eigenvalue weighted by Gasteiger charge is -2.07. The third-order valence-electron chi connectivity index (χ3n) is 4.16. The second kappa shape index (κ2) is 7.99. The number of para-hydroxylation sites is 1. The van der Waals surface area contributed by atoms with Gasteiger partial charge in [0.15, 0.2) is 10.8 Å². The number of nitrogens with one attached hydrogen (secondary N) is 2. The molecule has 3 aromatic heterocycles. The van der Waals surface area contributed by atoms with E-state index in [1.54, 1.807) is 11.3 Å². The fraction of sp³-hybridized carbons (Fsp3) is 0.158. The van der Waals surface area contributed by atoms with Crippen LogP contribution in [0.1, 0.15) is 10.4 Å². The Hall–Kier alpha value is -2.91. The van der Waals surface area contributed by atoms with E-state index < -0.39 is 6.03 Å². The van der Waals surface area contributed by atoms with Crippen LogP contribution >= 0.6 is 23.1 Å². The summed E-state index contributed by atoms with van der Waals surface area (Å²) in [4.78, 5) is 25.0. The third kappa shape index (κ3) is 3.85. The summed E-state index contributed by atoms with van der Waals surface area (Å²) in [6.07, 6.45) is 0. The van der Waals surface area contributed by atoms with Crippen LogP contribution in [0.2, 0.25) is 0 Å². The quantitative estimate of drug-likeness (QED) is 0.492. The van der Waals surface area contributed by atoms with Crippen molar-refractivity contribution in [2.45, 2.75) is 18.6 Å². The van der Waals surface area contributed by atoms with Crippen LogP contribution in [0.25, 0.3) is 16.6 Å². The van der Waals surface area contributed by atoms with Crippen molar-refractivity contribution < 1.29 is 9.59 Å². The Morgan fingerprint density at radius 1 is 1.18 bits per heavy atom. The average Bonchev–Trinajstić information content (AvgIpc) is 3.35. The maximum atomic E-state index is 12.1. The van der Waals surface area contributed by atoms with E-state index in [0.29, 0.717) is 11.7 Å². The van der Waals surface area contributed by atoms with Gasteiger partial charge >= 0.3 is 6.03 Å². The Kier molecular flexibility index (Phi) is 5.27. The van der Waals surface area contributed by atoms with Crippen molar-refractivity contribution in [3.8, 4) is 0 Å². The molecule has 9 heteroatoms. The van der Waals surface area contributed by atoms with Crippen molar-refractivity contribution >= 4 is 51.6 Å². The van der Waals surface area contributed by atoms with Gasteiger partial charge in [0.2, 0.25) is 5.91 Å². The zero-order valence-corrected chi connectivity index (χ0v) is 16.6. The first-order chi connectivity index (χ1) is 13.6. The van der Waals surface area contributed by atoms with E-state index in [2.05, 4.69) is 20.8 Å². The summed E-state index contributed by atoms with van der Waals surface area (Å²) >= 11 is 2.79. The predicted octanol–water partition coefficient (Wildman–Crippen LogP) is 3.37. The molecule has 0 unspecified atom stereocenters. The number of thioether (sulfide) groups is 1. The minimum absolute atomic E-state index is 0.0649. The van der Waals surface area contributed by atoms with Crippen LogP contribution in [-0.2, 0) is 11.3 Å². The van der Waals surface area contributed by atoms with E-state index in [9.17, 15) is 9.59 Å². The van der Waals surface area contributed by atoms with Gasteiger partial charge in [0.1, 0.15) is 0 Å². The monoisotopic (exact) mass is 411 g/mol. The van der Waals surface area contributed by atoms with E-state index in [1.165, 1.54) is 11.8 Å². The standard InChI is InChI=1S/C19H17N5O2S2/c1-12-9-16-22-23-19(24(16)15-7-3-2-6-14(12)15)28-11-17(25)21-18(26)20-10-13-5-4-8-27-13/h2-9H,10-11H2,1H3,(H2,20,21,25,26). The van der Waals surface area contributed by atoms with Crippen LogP contribution in [-0.4, -0.2) is 32.3 Å². The molecular formula is C19H17N5O2S2. The average molecular weight is 412 g/mol. The summed E-state index contributed by atoms with van der Waals surface area (Å²) in [7, 11) is 0. The Balaban J connectivity index is 1.42. The molecule has 0 saturated carbocycles. The third-order valence-corrected chi connectivity index (χ3v) is 5.97. The highest BCUT2D eigenvalue weighted by Gasteiger charge is 2.14. The van der Waals surface area contributed by atoms with Crippen molar-refractivity contribution in [2.24, 2.45) is 0 Å². The van der Waals surface area contributed by atoms with Gasteiger partial charge in [-0.05, 0) is 36.1 Å². The highest BCUT2D eigenvalue weighted by molar-refractivity contribution is 7.99. The number of aromatic nitrogens is 3. The van der Waals surface area contributed by atoms with Gasteiger partial charge in [0.05, 0.1) is 17.8 Å². The number of imide groups is 1. The molecule has 0 fully saturated rings. The largest absolute Gasteiger partial charge is 0.333 e. The zero-order valence-electron chi connectivity index (χ0n) is 15.0. The first kappa shape index (κ1) is 18.5. The smallest absolute Gasteiger partial charge is 0.321 e. The topological polar surface area (TPSA) is 88.4 Å². The highest BCUT2D eigenvalue weighted by atomic mass is 32.2. The van der Waals surface area contributed by atoms with Crippen molar-refractivity contribution in [1.82, 2.24) is 25.2 Å². The second-order valence-electron chi connectivity index (χ2n) is 6.12. The maximum absolute atomic E-state index is 12.1. The van der Waals surface area contributed by atoms with Crippen LogP contribution in [0.15, 0.2) is 53.0 Å². The molecule has 0 bridgehead atoms. The summed E-state index contributed by atoms with van der Waals surface area (Å²) in [5, 5.41) is 17.1. The Morgan fingerprint density at radius 3 is 2.86 bits per heavy atom. The van der Waals surface area contributed by atoms with Gasteiger partial charge in [0, 0.05) is 10.3 Å². The first-order valence-electron chi connectivity index (χ1n) is 8.58. The van der Waals surface area contributed by atoms with Crippen LogP contribution in [0.3, 0.4) is 0 Å². The van der Waals surface area contributed by atoms with Crippen LogP contribution in [0, 0.1) is 6.92 Å². The summed E-state index contributed by atoms with van der Waals surface area (Å²) < 4.78 is 1.93. The van der Waals surface area contributed by atoms with Crippen molar-refractivity contribution in [3.63, 3.8) is 0 Å². The summed E-state index contributed by atoms with van der Waals surface area (Å²) in [6.45, 7) is 2.43. The molecule has 28 heavy (non-hydrogen) atoms. The number of amides is 3. The van der Waals surface area contributed by atoms with Gasteiger partial charge < -0.3 is 5.32 Å². The Morgan fingerprint density at radius 2 is 2.04 bits per heavy atom. The molecule has 0 spiro atoms. The number of thiophene rings is 1. The molecule has 0 atom stereocenters. The minimum Gasteiger partial charge on any atom is -0.333 e. The van der Waals surface area contributed by atoms with Gasteiger partial charge in [-0.1, -0.05) is 36.0 Å². The molecule has 0 saturated heterocycles. The van der Waals surface area contributed by atoms with Crippen LogP contribution in [0.5, 0.6) is 0 Å². The molecule has 1 aromatic carbocycles. The number of carbonyl (C=O) groups is 2. The lowest BCUT2D eigenvalue weighted by molar-refractivity contribution is -0.117. The number of benzene rings is 1. The molecule has 3 amide bonds. The lowest BCUT2D eigenvalue weighted by atomic mass is 10.1. The van der Waals surface area contributed by atoms with Gasteiger partial charge in [-0.25, -0.2) is 4.79 Å². The number of nitrogens with zero attached hydrogens (tertiary/aromatic N) is 3. The van der Waals surface area contributed by atoms with Crippen molar-refractivity contribution in [1.29, 1.82) is 0 Å². The predicted molar refractivity (Wildman–Crippen MR) is 111 cm³/mol. The molecule has 0 aliphatic rings. The summed E-state index contributed by atoms with van der Waals surface area (Å²) in [6, 6.07) is 13.3. The number of aryl methyl sites for hydroxylation is 1. The fourth-order valence-corrected chi connectivity index (χ4v) is 4.28. The number of fused-ring (bicyclic) bond motifs is 3. The van der Waals surface area contributed by atoms with Gasteiger partial charge in [-0.15, -0.1) is 21.5 Å². The highest BCUT2D eigenvalue weighted by Crippen LogP contribution is 2.25. The van der Waals surface area contributed by atoms with Crippen molar-refractivity contribution in [3.05, 3.63) is 58.3 Å². The number of pyridine rings is 1. The SMILES string of the molecule is Cc1cc2nnc(SCC(=O)NC(=O)NCc3cccs3)n2c2ccccc12. The fourth-order valence-electron chi connectivity index (χ4n) is 2.89. The Labute approximate surface area is 169 Å². The van der Waals surface area contributed by atoms with E-state index >= 15 is 0 Å². The molecule has 0 radical (unpaired) electrons. The van der Waals surface area contributed by atoms with E-state index in [4.69, 9.17) is 0 Å². The van der Waals surface area contributed by atoms with E-state index in [-0.39, 0.29) is 11.7 Å². The van der Waals surface area contributed by atoms with Gasteiger partial charge in [0.25, 0.3) is 0 Å². The molecule has 2 N–H and O–H groups in total.